The Morgan fingerprint density at radius 1 is 1.61 bits per heavy atom. The fourth-order valence-electron chi connectivity index (χ4n) is 2.07. The number of ether oxygens (including phenoxy) is 1. The fraction of sp³-hybridized carbons (Fsp3) is 0.538. The van der Waals surface area contributed by atoms with Crippen LogP contribution in [0.4, 0.5) is 5.82 Å². The molecule has 5 nitrogen and oxygen atoms in total. The molecule has 0 aromatic carbocycles. The van der Waals surface area contributed by atoms with Crippen molar-refractivity contribution in [1.82, 2.24) is 9.88 Å². The summed E-state index contributed by atoms with van der Waals surface area (Å²) in [4.78, 5) is 7.97. The van der Waals surface area contributed by atoms with Crippen LogP contribution in [0.3, 0.4) is 0 Å². The van der Waals surface area contributed by atoms with E-state index in [0.717, 1.165) is 31.0 Å². The first-order valence-corrected chi connectivity index (χ1v) is 6.13. The Morgan fingerprint density at radius 2 is 2.44 bits per heavy atom. The van der Waals surface area contributed by atoms with Crippen LogP contribution in [0.25, 0.3) is 0 Å². The van der Waals surface area contributed by atoms with E-state index in [1.54, 1.807) is 11.1 Å². The van der Waals surface area contributed by atoms with Crippen molar-refractivity contribution in [3.63, 3.8) is 0 Å². The van der Waals surface area contributed by atoms with E-state index >= 15 is 0 Å². The van der Waals surface area contributed by atoms with Gasteiger partial charge in [0.25, 0.3) is 0 Å². The molecule has 2 heterocycles. The predicted octanol–water partition coefficient (Wildman–Crippen LogP) is 1.47. The summed E-state index contributed by atoms with van der Waals surface area (Å²) in [6.45, 7) is 1.41. The Morgan fingerprint density at radius 3 is 3.17 bits per heavy atom. The minimum absolute atomic E-state index is 0.214. The first-order chi connectivity index (χ1) is 8.70. The van der Waals surface area contributed by atoms with E-state index in [0.29, 0.717) is 6.61 Å². The highest BCUT2D eigenvalue weighted by molar-refractivity contribution is 5.41. The van der Waals surface area contributed by atoms with E-state index < -0.39 is 0 Å². The molecule has 0 amide bonds. The van der Waals surface area contributed by atoms with Gasteiger partial charge < -0.3 is 14.5 Å². The van der Waals surface area contributed by atoms with Crippen molar-refractivity contribution in [1.29, 1.82) is 5.26 Å². The van der Waals surface area contributed by atoms with Gasteiger partial charge in [-0.05, 0) is 18.9 Å². The van der Waals surface area contributed by atoms with Crippen LogP contribution in [0.1, 0.15) is 12.8 Å². The van der Waals surface area contributed by atoms with Crippen molar-refractivity contribution in [2.75, 3.05) is 32.1 Å². The maximum Gasteiger partial charge on any atom is 0.179 e. The third-order valence-corrected chi connectivity index (χ3v) is 3.12. The van der Waals surface area contributed by atoms with Crippen LogP contribution >= 0.6 is 0 Å². The van der Waals surface area contributed by atoms with E-state index in [-0.39, 0.29) is 6.04 Å². The molecule has 1 atom stereocenters. The molecule has 1 fully saturated rings. The van der Waals surface area contributed by atoms with E-state index in [1.807, 2.05) is 31.1 Å². The third kappa shape index (κ3) is 2.83. The Balaban J connectivity index is 1.94. The molecule has 1 saturated heterocycles. The van der Waals surface area contributed by atoms with Crippen LogP contribution in [0.2, 0.25) is 0 Å². The normalized spacial score (nSPS) is 18.5. The summed E-state index contributed by atoms with van der Waals surface area (Å²) in [5, 5.41) is 8.95. The molecule has 1 aliphatic heterocycles. The Bertz CT molecular complexity index is 441. The molecule has 0 unspecified atom stereocenters. The predicted molar refractivity (Wildman–Crippen MR) is 69.4 cm³/mol. The third-order valence-electron chi connectivity index (χ3n) is 3.12. The number of aromatic nitrogens is 1. The molecule has 1 aliphatic rings. The van der Waals surface area contributed by atoms with Gasteiger partial charge in [-0.2, -0.15) is 5.26 Å². The van der Waals surface area contributed by atoms with Gasteiger partial charge in [-0.25, -0.2) is 4.98 Å². The van der Waals surface area contributed by atoms with Crippen molar-refractivity contribution in [3.05, 3.63) is 18.3 Å². The molecule has 0 saturated carbocycles. The smallest absolute Gasteiger partial charge is 0.179 e. The summed E-state index contributed by atoms with van der Waals surface area (Å²) in [5.74, 6) is 1.68. The summed E-state index contributed by atoms with van der Waals surface area (Å²) in [7, 11) is 3.89. The molecule has 2 rings (SSSR count). The fourth-order valence-corrected chi connectivity index (χ4v) is 2.07. The molecular formula is C13H18N4O. The van der Waals surface area contributed by atoms with Crippen molar-refractivity contribution < 1.29 is 4.74 Å². The number of hydrogen-bond acceptors (Lipinski definition) is 5. The van der Waals surface area contributed by atoms with Gasteiger partial charge in [0.05, 0.1) is 6.04 Å². The van der Waals surface area contributed by atoms with E-state index in [4.69, 9.17) is 10.00 Å². The number of nitrogens with zero attached hydrogens (tertiary/aromatic N) is 4. The highest BCUT2D eigenvalue weighted by atomic mass is 16.5. The first-order valence-electron chi connectivity index (χ1n) is 6.13. The Labute approximate surface area is 108 Å². The lowest BCUT2D eigenvalue weighted by atomic mass is 10.2. The van der Waals surface area contributed by atoms with Gasteiger partial charge in [0, 0.05) is 32.9 Å². The second kappa shape index (κ2) is 5.58. The minimum atomic E-state index is 0.214. The lowest BCUT2D eigenvalue weighted by molar-refractivity contribution is 0.219. The SMILES string of the molecule is CN(C)c1cc(OC[C@@H]2CCCN2C#N)ccn1. The molecule has 96 valence electrons. The summed E-state index contributed by atoms with van der Waals surface area (Å²) in [6, 6.07) is 3.97. The number of pyridine rings is 1. The second-order valence-corrected chi connectivity index (χ2v) is 4.64. The molecular weight excluding hydrogens is 228 g/mol. The molecule has 18 heavy (non-hydrogen) atoms. The zero-order valence-electron chi connectivity index (χ0n) is 10.8. The van der Waals surface area contributed by atoms with Crippen LogP contribution in [0.15, 0.2) is 18.3 Å². The van der Waals surface area contributed by atoms with Crippen LogP contribution in [0.5, 0.6) is 5.75 Å². The Hall–Kier alpha value is -1.96. The zero-order chi connectivity index (χ0) is 13.0. The van der Waals surface area contributed by atoms with Gasteiger partial charge in [-0.15, -0.1) is 0 Å². The topological polar surface area (TPSA) is 52.4 Å². The van der Waals surface area contributed by atoms with Crippen molar-refractivity contribution in [2.24, 2.45) is 0 Å². The van der Waals surface area contributed by atoms with Gasteiger partial charge in [0.1, 0.15) is 18.2 Å². The number of hydrogen-bond donors (Lipinski definition) is 0. The summed E-state index contributed by atoms with van der Waals surface area (Å²) >= 11 is 0. The molecule has 0 N–H and O–H groups in total. The molecule has 0 aliphatic carbocycles. The summed E-state index contributed by atoms with van der Waals surface area (Å²) in [5.41, 5.74) is 0. The van der Waals surface area contributed by atoms with Gasteiger partial charge in [-0.3, -0.25) is 0 Å². The lowest BCUT2D eigenvalue weighted by Gasteiger charge is -2.19. The average molecular weight is 246 g/mol. The van der Waals surface area contributed by atoms with Crippen LogP contribution in [-0.2, 0) is 0 Å². The molecule has 5 heteroatoms. The highest BCUT2D eigenvalue weighted by Crippen LogP contribution is 2.20. The average Bonchev–Trinajstić information content (AvgIpc) is 2.84. The van der Waals surface area contributed by atoms with Gasteiger partial charge >= 0.3 is 0 Å². The summed E-state index contributed by atoms with van der Waals surface area (Å²) in [6.07, 6.45) is 6.05. The van der Waals surface area contributed by atoms with Crippen LogP contribution in [0, 0.1) is 11.5 Å². The maximum absolute atomic E-state index is 8.95. The number of anilines is 1. The lowest BCUT2D eigenvalue weighted by Crippen LogP contribution is -2.30. The monoisotopic (exact) mass is 246 g/mol. The second-order valence-electron chi connectivity index (χ2n) is 4.64. The Kier molecular flexibility index (Phi) is 3.88. The van der Waals surface area contributed by atoms with E-state index in [9.17, 15) is 0 Å². The number of nitriles is 1. The van der Waals surface area contributed by atoms with Gasteiger partial charge in [-0.1, -0.05) is 0 Å². The maximum atomic E-state index is 8.95. The van der Waals surface area contributed by atoms with E-state index in [1.165, 1.54) is 0 Å². The molecule has 0 radical (unpaired) electrons. The molecule has 0 bridgehead atoms. The largest absolute Gasteiger partial charge is 0.491 e. The van der Waals surface area contributed by atoms with Crippen molar-refractivity contribution in [2.45, 2.75) is 18.9 Å². The molecule has 0 spiro atoms. The van der Waals surface area contributed by atoms with Crippen molar-refractivity contribution in [3.8, 4) is 11.9 Å². The van der Waals surface area contributed by atoms with Crippen LogP contribution < -0.4 is 9.64 Å². The zero-order valence-corrected chi connectivity index (χ0v) is 10.8. The van der Waals surface area contributed by atoms with E-state index in [2.05, 4.69) is 11.2 Å². The quantitative estimate of drug-likeness (QED) is 0.753. The van der Waals surface area contributed by atoms with Crippen LogP contribution in [-0.4, -0.2) is 43.2 Å². The minimum Gasteiger partial charge on any atom is -0.491 e. The molecule has 1 aromatic rings. The number of rotatable bonds is 4. The summed E-state index contributed by atoms with van der Waals surface area (Å²) < 4.78 is 5.75. The first kappa shape index (κ1) is 12.5. The van der Waals surface area contributed by atoms with Gasteiger partial charge in [0.2, 0.25) is 0 Å². The van der Waals surface area contributed by atoms with Crippen molar-refractivity contribution >= 4 is 5.82 Å². The van der Waals surface area contributed by atoms with Gasteiger partial charge in [0.15, 0.2) is 6.19 Å². The molecule has 1 aromatic heterocycles. The number of likely N-dealkylation sites (tertiary alicyclic amines) is 1. The standard InChI is InChI=1S/C13H18N4O/c1-16(2)13-8-12(5-6-15-13)18-9-11-4-3-7-17(11)10-14/h5-6,8,11H,3-4,7,9H2,1-2H3/t11-/m0/s1. The highest BCUT2D eigenvalue weighted by Gasteiger charge is 2.23.